The predicted molar refractivity (Wildman–Crippen MR) is 55.5 cm³/mol. The zero-order valence-electron chi connectivity index (χ0n) is 8.04. The predicted octanol–water partition coefficient (Wildman–Crippen LogP) is 1.95. The molecule has 2 heteroatoms. The lowest BCUT2D eigenvalue weighted by Gasteiger charge is -1.97. The van der Waals surface area contributed by atoms with Crippen LogP contribution in [0.1, 0.15) is 11.1 Å². The van der Waals surface area contributed by atoms with Gasteiger partial charge in [0.25, 0.3) is 0 Å². The molecule has 13 heavy (non-hydrogen) atoms. The van der Waals surface area contributed by atoms with E-state index in [1.807, 2.05) is 0 Å². The summed E-state index contributed by atoms with van der Waals surface area (Å²) in [5, 5.41) is 1.27. The third-order valence-electron chi connectivity index (χ3n) is 2.45. The number of nitrogens with zero attached hydrogens (tertiary/aromatic N) is 1. The van der Waals surface area contributed by atoms with Gasteiger partial charge in [-0.05, 0) is 24.1 Å². The van der Waals surface area contributed by atoms with E-state index >= 15 is 0 Å². The number of aromatic nitrogens is 1. The molecule has 0 aliphatic carbocycles. The van der Waals surface area contributed by atoms with Crippen LogP contribution < -0.4 is 5.73 Å². The number of fused-ring (bicyclic) bond motifs is 1. The van der Waals surface area contributed by atoms with Gasteiger partial charge in [0, 0.05) is 30.7 Å². The van der Waals surface area contributed by atoms with Gasteiger partial charge >= 0.3 is 0 Å². The van der Waals surface area contributed by atoms with Gasteiger partial charge in [0.15, 0.2) is 0 Å². The van der Waals surface area contributed by atoms with Crippen molar-refractivity contribution >= 4 is 10.9 Å². The summed E-state index contributed by atoms with van der Waals surface area (Å²) in [5.41, 5.74) is 9.43. The van der Waals surface area contributed by atoms with E-state index in [-0.39, 0.29) is 0 Å². The molecular weight excluding hydrogens is 160 g/mol. The van der Waals surface area contributed by atoms with Gasteiger partial charge in [-0.3, -0.25) is 0 Å². The molecule has 2 nitrogen and oxygen atoms in total. The Bertz CT molecular complexity index is 441. The SMILES string of the molecule is Cc1ccc2c(CN)cn(C)c2c1. The summed E-state index contributed by atoms with van der Waals surface area (Å²) in [6, 6.07) is 6.46. The molecule has 0 radical (unpaired) electrons. The Morgan fingerprint density at radius 1 is 1.38 bits per heavy atom. The summed E-state index contributed by atoms with van der Waals surface area (Å²) in [6.07, 6.45) is 2.10. The Morgan fingerprint density at radius 2 is 2.15 bits per heavy atom. The fraction of sp³-hybridized carbons (Fsp3) is 0.273. The van der Waals surface area contributed by atoms with Crippen molar-refractivity contribution in [1.82, 2.24) is 4.57 Å². The van der Waals surface area contributed by atoms with Crippen molar-refractivity contribution in [2.24, 2.45) is 12.8 Å². The minimum atomic E-state index is 0.612. The Morgan fingerprint density at radius 3 is 2.85 bits per heavy atom. The van der Waals surface area contributed by atoms with E-state index in [2.05, 4.69) is 42.9 Å². The van der Waals surface area contributed by atoms with Crippen molar-refractivity contribution in [3.05, 3.63) is 35.5 Å². The summed E-state index contributed by atoms with van der Waals surface area (Å²) < 4.78 is 2.13. The third kappa shape index (κ3) is 1.23. The van der Waals surface area contributed by atoms with E-state index in [1.165, 1.54) is 22.0 Å². The van der Waals surface area contributed by atoms with E-state index in [4.69, 9.17) is 5.73 Å². The van der Waals surface area contributed by atoms with E-state index in [0.29, 0.717) is 6.54 Å². The highest BCUT2D eigenvalue weighted by molar-refractivity contribution is 5.84. The van der Waals surface area contributed by atoms with Crippen molar-refractivity contribution in [2.75, 3.05) is 0 Å². The fourth-order valence-electron chi connectivity index (χ4n) is 1.74. The van der Waals surface area contributed by atoms with E-state index in [9.17, 15) is 0 Å². The Kier molecular flexibility index (Phi) is 1.85. The van der Waals surface area contributed by atoms with Crippen molar-refractivity contribution in [3.8, 4) is 0 Å². The average molecular weight is 174 g/mol. The van der Waals surface area contributed by atoms with Gasteiger partial charge < -0.3 is 10.3 Å². The largest absolute Gasteiger partial charge is 0.350 e. The lowest BCUT2D eigenvalue weighted by molar-refractivity contribution is 0.948. The number of hydrogen-bond donors (Lipinski definition) is 1. The zero-order chi connectivity index (χ0) is 9.42. The summed E-state index contributed by atoms with van der Waals surface area (Å²) in [4.78, 5) is 0. The Hall–Kier alpha value is -1.28. The molecule has 1 aromatic carbocycles. The highest BCUT2D eigenvalue weighted by Crippen LogP contribution is 2.21. The van der Waals surface area contributed by atoms with Crippen LogP contribution in [0, 0.1) is 6.92 Å². The van der Waals surface area contributed by atoms with Crippen LogP contribution in [0.15, 0.2) is 24.4 Å². The van der Waals surface area contributed by atoms with Crippen molar-refractivity contribution in [3.63, 3.8) is 0 Å². The first kappa shape index (κ1) is 8.32. The monoisotopic (exact) mass is 174 g/mol. The number of hydrogen-bond acceptors (Lipinski definition) is 1. The highest BCUT2D eigenvalue weighted by Gasteiger charge is 2.03. The topological polar surface area (TPSA) is 30.9 Å². The second-order valence-electron chi connectivity index (χ2n) is 3.49. The van der Waals surface area contributed by atoms with Crippen molar-refractivity contribution in [2.45, 2.75) is 13.5 Å². The molecule has 0 aliphatic heterocycles. The molecule has 0 bridgehead atoms. The van der Waals surface area contributed by atoms with E-state index < -0.39 is 0 Å². The molecule has 0 fully saturated rings. The van der Waals surface area contributed by atoms with Crippen LogP contribution in [0.5, 0.6) is 0 Å². The van der Waals surface area contributed by atoms with Gasteiger partial charge in [0.05, 0.1) is 0 Å². The molecule has 2 aromatic rings. The van der Waals surface area contributed by atoms with Gasteiger partial charge in [-0.15, -0.1) is 0 Å². The Balaban J connectivity index is 2.80. The minimum Gasteiger partial charge on any atom is -0.350 e. The first-order valence-corrected chi connectivity index (χ1v) is 4.47. The molecule has 0 aliphatic rings. The molecule has 1 heterocycles. The highest BCUT2D eigenvalue weighted by atomic mass is 14.9. The minimum absolute atomic E-state index is 0.612. The lowest BCUT2D eigenvalue weighted by atomic mass is 10.1. The van der Waals surface area contributed by atoms with Crippen LogP contribution in [0.4, 0.5) is 0 Å². The standard InChI is InChI=1S/C11H14N2/c1-8-3-4-10-9(6-12)7-13(2)11(10)5-8/h3-5,7H,6,12H2,1-2H3. The molecule has 2 rings (SSSR count). The van der Waals surface area contributed by atoms with Crippen LogP contribution in [0.25, 0.3) is 10.9 Å². The Labute approximate surface area is 78.0 Å². The normalized spacial score (nSPS) is 11.0. The molecule has 0 amide bonds. The first-order valence-electron chi connectivity index (χ1n) is 4.47. The second-order valence-corrected chi connectivity index (χ2v) is 3.49. The third-order valence-corrected chi connectivity index (χ3v) is 2.45. The maximum atomic E-state index is 5.65. The first-order chi connectivity index (χ1) is 6.22. The second kappa shape index (κ2) is 2.89. The number of nitrogens with two attached hydrogens (primary N) is 1. The van der Waals surface area contributed by atoms with Gasteiger partial charge in [-0.1, -0.05) is 12.1 Å². The molecule has 68 valence electrons. The van der Waals surface area contributed by atoms with Gasteiger partial charge in [0.1, 0.15) is 0 Å². The number of benzene rings is 1. The molecule has 1 aromatic heterocycles. The molecule has 0 saturated carbocycles. The number of aryl methyl sites for hydroxylation is 2. The summed E-state index contributed by atoms with van der Waals surface area (Å²) in [5.74, 6) is 0. The van der Waals surface area contributed by atoms with Gasteiger partial charge in [0.2, 0.25) is 0 Å². The molecule has 0 atom stereocenters. The quantitative estimate of drug-likeness (QED) is 0.703. The maximum absolute atomic E-state index is 5.65. The number of rotatable bonds is 1. The van der Waals surface area contributed by atoms with E-state index in [1.54, 1.807) is 0 Å². The van der Waals surface area contributed by atoms with Gasteiger partial charge in [-0.2, -0.15) is 0 Å². The summed E-state index contributed by atoms with van der Waals surface area (Å²) >= 11 is 0. The molecular formula is C11H14N2. The summed E-state index contributed by atoms with van der Waals surface area (Å²) in [7, 11) is 2.06. The fourth-order valence-corrected chi connectivity index (χ4v) is 1.74. The van der Waals surface area contributed by atoms with Crippen molar-refractivity contribution < 1.29 is 0 Å². The smallest absolute Gasteiger partial charge is 0.0483 e. The van der Waals surface area contributed by atoms with Crippen LogP contribution >= 0.6 is 0 Å². The van der Waals surface area contributed by atoms with Crippen molar-refractivity contribution in [1.29, 1.82) is 0 Å². The van der Waals surface area contributed by atoms with Crippen LogP contribution in [-0.2, 0) is 13.6 Å². The van der Waals surface area contributed by atoms with Crippen LogP contribution in [0.2, 0.25) is 0 Å². The van der Waals surface area contributed by atoms with Gasteiger partial charge in [-0.25, -0.2) is 0 Å². The lowest BCUT2D eigenvalue weighted by Crippen LogP contribution is -1.94. The van der Waals surface area contributed by atoms with Crippen LogP contribution in [-0.4, -0.2) is 4.57 Å². The summed E-state index contributed by atoms with van der Waals surface area (Å²) in [6.45, 7) is 2.72. The molecule has 0 spiro atoms. The molecule has 2 N–H and O–H groups in total. The average Bonchev–Trinajstić information content (AvgIpc) is 2.43. The zero-order valence-corrected chi connectivity index (χ0v) is 8.04. The van der Waals surface area contributed by atoms with Crippen LogP contribution in [0.3, 0.4) is 0 Å². The molecule has 0 saturated heterocycles. The molecule has 0 unspecified atom stereocenters. The van der Waals surface area contributed by atoms with E-state index in [0.717, 1.165) is 0 Å². The maximum Gasteiger partial charge on any atom is 0.0483 e.